The fourth-order valence-corrected chi connectivity index (χ4v) is 3.69. The molecule has 0 atom stereocenters. The quantitative estimate of drug-likeness (QED) is 0.927. The van der Waals surface area contributed by atoms with Crippen molar-refractivity contribution < 1.29 is 9.90 Å². The molecule has 0 amide bonds. The van der Waals surface area contributed by atoms with Crippen molar-refractivity contribution in [1.29, 1.82) is 0 Å². The lowest BCUT2D eigenvalue weighted by molar-refractivity contribution is 0.0699. The zero-order chi connectivity index (χ0) is 13.4. The molecule has 1 heterocycles. The fourth-order valence-electron chi connectivity index (χ4n) is 2.63. The van der Waals surface area contributed by atoms with E-state index in [1.807, 2.05) is 24.3 Å². The summed E-state index contributed by atoms with van der Waals surface area (Å²) in [6, 6.07) is 8.60. The van der Waals surface area contributed by atoms with Crippen LogP contribution >= 0.6 is 11.3 Å². The van der Waals surface area contributed by atoms with Gasteiger partial charge in [0.1, 0.15) is 4.88 Å². The number of carboxylic acid groups (broad SMARTS) is 1. The largest absolute Gasteiger partial charge is 0.477 e. The van der Waals surface area contributed by atoms with Gasteiger partial charge in [-0.3, -0.25) is 4.90 Å². The van der Waals surface area contributed by atoms with E-state index in [9.17, 15) is 9.90 Å². The maximum atomic E-state index is 11.4. The number of carboxylic acids is 1. The highest BCUT2D eigenvalue weighted by Gasteiger charge is 2.25. The summed E-state index contributed by atoms with van der Waals surface area (Å²) >= 11 is 1.39. The number of thiophene rings is 1. The topological polar surface area (TPSA) is 40.5 Å². The van der Waals surface area contributed by atoms with E-state index in [1.165, 1.54) is 30.6 Å². The number of aromatic carboxylic acids is 1. The van der Waals surface area contributed by atoms with Gasteiger partial charge in [-0.1, -0.05) is 24.6 Å². The van der Waals surface area contributed by atoms with E-state index < -0.39 is 5.97 Å². The maximum Gasteiger partial charge on any atom is 0.346 e. The van der Waals surface area contributed by atoms with Crippen molar-refractivity contribution in [1.82, 2.24) is 4.90 Å². The smallest absolute Gasteiger partial charge is 0.346 e. The van der Waals surface area contributed by atoms with Gasteiger partial charge < -0.3 is 5.11 Å². The molecule has 1 aromatic carbocycles. The summed E-state index contributed by atoms with van der Waals surface area (Å²) in [7, 11) is 2.10. The molecule has 2 aromatic rings. The van der Waals surface area contributed by atoms with Crippen molar-refractivity contribution in [2.24, 2.45) is 0 Å². The van der Waals surface area contributed by atoms with E-state index in [2.05, 4.69) is 11.9 Å². The molecule has 0 spiro atoms. The second-order valence-corrected chi connectivity index (χ2v) is 6.26. The van der Waals surface area contributed by atoms with Gasteiger partial charge in [0.2, 0.25) is 0 Å². The second kappa shape index (κ2) is 4.94. The highest BCUT2D eigenvalue weighted by atomic mass is 32.1. The van der Waals surface area contributed by atoms with Gasteiger partial charge >= 0.3 is 5.97 Å². The van der Waals surface area contributed by atoms with Crippen LogP contribution in [0.15, 0.2) is 24.3 Å². The molecule has 1 saturated carbocycles. The summed E-state index contributed by atoms with van der Waals surface area (Å²) < 4.78 is 1.07. The van der Waals surface area contributed by atoms with Gasteiger partial charge in [-0.15, -0.1) is 11.3 Å². The number of benzene rings is 1. The lowest BCUT2D eigenvalue weighted by atomic mass is 9.91. The van der Waals surface area contributed by atoms with Gasteiger partial charge in [0.15, 0.2) is 0 Å². The Morgan fingerprint density at radius 2 is 2.16 bits per heavy atom. The van der Waals surface area contributed by atoms with Crippen LogP contribution < -0.4 is 0 Å². The molecule has 0 unspecified atom stereocenters. The van der Waals surface area contributed by atoms with Crippen LogP contribution in [0.5, 0.6) is 0 Å². The van der Waals surface area contributed by atoms with Crippen molar-refractivity contribution in [2.45, 2.75) is 31.8 Å². The first-order valence-corrected chi connectivity index (χ1v) is 7.42. The van der Waals surface area contributed by atoms with E-state index in [0.717, 1.165) is 22.2 Å². The van der Waals surface area contributed by atoms with Crippen LogP contribution in [0.25, 0.3) is 10.1 Å². The average Bonchev–Trinajstić information content (AvgIpc) is 2.66. The Bertz CT molecular complexity index is 616. The van der Waals surface area contributed by atoms with Crippen molar-refractivity contribution in [3.05, 3.63) is 34.7 Å². The van der Waals surface area contributed by atoms with Crippen molar-refractivity contribution in [3.8, 4) is 0 Å². The lowest BCUT2D eigenvalue weighted by Crippen LogP contribution is -2.36. The second-order valence-electron chi connectivity index (χ2n) is 5.21. The molecule has 19 heavy (non-hydrogen) atoms. The van der Waals surface area contributed by atoms with Crippen LogP contribution in [0.2, 0.25) is 0 Å². The number of hydrogen-bond acceptors (Lipinski definition) is 3. The van der Waals surface area contributed by atoms with E-state index >= 15 is 0 Å². The predicted octanol–water partition coefficient (Wildman–Crippen LogP) is 3.58. The van der Waals surface area contributed by atoms with Gasteiger partial charge in [-0.2, -0.15) is 0 Å². The summed E-state index contributed by atoms with van der Waals surface area (Å²) in [4.78, 5) is 14.2. The Morgan fingerprint density at radius 3 is 2.79 bits per heavy atom. The minimum absolute atomic E-state index is 0.493. The number of fused-ring (bicyclic) bond motifs is 1. The third kappa shape index (κ3) is 2.26. The fraction of sp³-hybridized carbons (Fsp3) is 0.400. The Balaban J connectivity index is 1.99. The van der Waals surface area contributed by atoms with Crippen LogP contribution in [-0.2, 0) is 6.54 Å². The standard InChI is InChI=1S/C15H17NO2S/c1-16(10-5-4-6-10)9-12-11-7-2-3-8-13(11)19-14(12)15(17)18/h2-3,7-8,10H,4-6,9H2,1H3,(H,17,18). The molecule has 0 bridgehead atoms. The van der Waals surface area contributed by atoms with E-state index in [4.69, 9.17) is 0 Å². The molecule has 3 rings (SSSR count). The number of carbonyl (C=O) groups is 1. The van der Waals surface area contributed by atoms with Gasteiger partial charge in [-0.05, 0) is 36.9 Å². The third-order valence-electron chi connectivity index (χ3n) is 4.00. The molecule has 0 saturated heterocycles. The van der Waals surface area contributed by atoms with Crippen molar-refractivity contribution in [3.63, 3.8) is 0 Å². The molecule has 0 aliphatic heterocycles. The van der Waals surface area contributed by atoms with E-state index in [-0.39, 0.29) is 0 Å². The first-order valence-electron chi connectivity index (χ1n) is 6.61. The van der Waals surface area contributed by atoms with E-state index in [1.54, 1.807) is 0 Å². The SMILES string of the molecule is CN(Cc1c(C(=O)O)sc2ccccc12)C1CCC1. The molecule has 1 fully saturated rings. The summed E-state index contributed by atoms with van der Waals surface area (Å²) in [6.45, 7) is 0.732. The highest BCUT2D eigenvalue weighted by Crippen LogP contribution is 2.34. The minimum Gasteiger partial charge on any atom is -0.477 e. The summed E-state index contributed by atoms with van der Waals surface area (Å²) in [6.07, 6.45) is 3.77. The van der Waals surface area contributed by atoms with Crippen molar-refractivity contribution in [2.75, 3.05) is 7.05 Å². The first kappa shape index (κ1) is 12.6. The molecular formula is C15H17NO2S. The Kier molecular flexibility index (Phi) is 3.29. The van der Waals surface area contributed by atoms with Crippen LogP contribution in [0.3, 0.4) is 0 Å². The Morgan fingerprint density at radius 1 is 1.42 bits per heavy atom. The summed E-state index contributed by atoms with van der Waals surface area (Å²) in [5.41, 5.74) is 0.975. The van der Waals surface area contributed by atoms with Gasteiger partial charge in [-0.25, -0.2) is 4.79 Å². The molecule has 1 aliphatic carbocycles. The average molecular weight is 275 g/mol. The molecule has 1 aliphatic rings. The van der Waals surface area contributed by atoms with Crippen LogP contribution in [0.1, 0.15) is 34.5 Å². The summed E-state index contributed by atoms with van der Waals surface area (Å²) in [5, 5.41) is 10.5. The highest BCUT2D eigenvalue weighted by molar-refractivity contribution is 7.21. The normalized spacial score (nSPS) is 15.9. The third-order valence-corrected chi connectivity index (χ3v) is 5.20. The van der Waals surface area contributed by atoms with E-state index in [0.29, 0.717) is 10.9 Å². The Hall–Kier alpha value is -1.39. The zero-order valence-electron chi connectivity index (χ0n) is 10.9. The number of nitrogens with zero attached hydrogens (tertiary/aromatic N) is 1. The van der Waals surface area contributed by atoms with Crippen LogP contribution in [0.4, 0.5) is 0 Å². The Labute approximate surface area is 116 Å². The molecule has 3 nitrogen and oxygen atoms in total. The minimum atomic E-state index is -0.807. The lowest BCUT2D eigenvalue weighted by Gasteiger charge is -2.34. The van der Waals surface area contributed by atoms with Crippen LogP contribution in [0, 0.1) is 0 Å². The summed E-state index contributed by atoms with van der Waals surface area (Å²) in [5.74, 6) is -0.807. The molecule has 0 radical (unpaired) electrons. The first-order chi connectivity index (χ1) is 9.16. The monoisotopic (exact) mass is 275 g/mol. The maximum absolute atomic E-state index is 11.4. The van der Waals surface area contributed by atoms with Crippen LogP contribution in [-0.4, -0.2) is 29.1 Å². The molecule has 4 heteroatoms. The molecule has 100 valence electrons. The number of hydrogen-bond donors (Lipinski definition) is 1. The predicted molar refractivity (Wildman–Crippen MR) is 77.9 cm³/mol. The number of rotatable bonds is 4. The molecular weight excluding hydrogens is 258 g/mol. The van der Waals surface area contributed by atoms with Crippen molar-refractivity contribution >= 4 is 27.4 Å². The molecule has 1 aromatic heterocycles. The van der Waals surface area contributed by atoms with Gasteiger partial charge in [0, 0.05) is 17.3 Å². The van der Waals surface area contributed by atoms with Gasteiger partial charge in [0.05, 0.1) is 0 Å². The molecule has 1 N–H and O–H groups in total. The zero-order valence-corrected chi connectivity index (χ0v) is 11.7. The van der Waals surface area contributed by atoms with Gasteiger partial charge in [0.25, 0.3) is 0 Å².